The van der Waals surface area contributed by atoms with E-state index in [1.165, 1.54) is 43.7 Å². The van der Waals surface area contributed by atoms with Gasteiger partial charge in [0.15, 0.2) is 0 Å². The predicted molar refractivity (Wildman–Crippen MR) is 81.4 cm³/mol. The van der Waals surface area contributed by atoms with Crippen LogP contribution in [0.3, 0.4) is 0 Å². The molecule has 1 saturated heterocycles. The van der Waals surface area contributed by atoms with Crippen LogP contribution in [0.4, 0.5) is 0 Å². The van der Waals surface area contributed by atoms with Gasteiger partial charge in [-0.05, 0) is 63.5 Å². The highest BCUT2D eigenvalue weighted by atomic mass is 15.1. The van der Waals surface area contributed by atoms with E-state index in [0.717, 1.165) is 24.7 Å². The van der Waals surface area contributed by atoms with Crippen molar-refractivity contribution in [1.82, 2.24) is 14.8 Å². The summed E-state index contributed by atoms with van der Waals surface area (Å²) in [6, 6.07) is 4.24. The maximum absolute atomic E-state index is 9.04. The van der Waals surface area contributed by atoms with E-state index in [4.69, 9.17) is 5.26 Å². The molecule has 0 aromatic carbocycles. The van der Waals surface area contributed by atoms with Gasteiger partial charge in [0.05, 0.1) is 0 Å². The molecular formula is C16H26N4. The molecule has 0 saturated carbocycles. The fraction of sp³-hybridized carbons (Fsp3) is 0.688. The van der Waals surface area contributed by atoms with Crippen LogP contribution in [0, 0.1) is 24.2 Å². The number of hydrogen-bond acceptors (Lipinski definition) is 3. The van der Waals surface area contributed by atoms with Crippen molar-refractivity contribution < 1.29 is 0 Å². The Kier molecular flexibility index (Phi) is 5.22. The molecule has 0 bridgehead atoms. The number of likely N-dealkylation sites (tertiary alicyclic amines) is 1. The van der Waals surface area contributed by atoms with Gasteiger partial charge in [0.2, 0.25) is 0 Å². The Hall–Kier alpha value is -1.31. The van der Waals surface area contributed by atoms with Crippen LogP contribution in [0.5, 0.6) is 0 Å². The zero-order chi connectivity index (χ0) is 14.5. The van der Waals surface area contributed by atoms with Gasteiger partial charge in [0.25, 0.3) is 0 Å². The molecule has 20 heavy (non-hydrogen) atoms. The smallest absolute Gasteiger partial charge is 0.120 e. The van der Waals surface area contributed by atoms with E-state index in [9.17, 15) is 0 Å². The second-order valence-corrected chi connectivity index (χ2v) is 5.82. The average Bonchev–Trinajstić information content (AvgIpc) is 2.76. The average molecular weight is 274 g/mol. The number of rotatable bonds is 5. The third-order valence-electron chi connectivity index (χ3n) is 4.66. The van der Waals surface area contributed by atoms with E-state index in [2.05, 4.69) is 30.1 Å². The highest BCUT2D eigenvalue weighted by Gasteiger charge is 2.17. The number of nitriles is 1. The van der Waals surface area contributed by atoms with Gasteiger partial charge in [0.1, 0.15) is 11.8 Å². The second-order valence-electron chi connectivity index (χ2n) is 5.82. The molecule has 0 spiro atoms. The highest BCUT2D eigenvalue weighted by Crippen LogP contribution is 2.17. The van der Waals surface area contributed by atoms with E-state index >= 15 is 0 Å². The lowest BCUT2D eigenvalue weighted by Gasteiger charge is -2.31. The van der Waals surface area contributed by atoms with Gasteiger partial charge in [0, 0.05) is 19.3 Å². The molecule has 0 aliphatic carbocycles. The number of hydrogen-bond donors (Lipinski definition) is 1. The lowest BCUT2D eigenvalue weighted by atomic mass is 9.97. The maximum atomic E-state index is 9.04. The van der Waals surface area contributed by atoms with Gasteiger partial charge in [-0.3, -0.25) is 0 Å². The summed E-state index contributed by atoms with van der Waals surface area (Å²) in [6.45, 7) is 9.95. The summed E-state index contributed by atoms with van der Waals surface area (Å²) in [5, 5.41) is 12.6. The molecule has 0 amide bonds. The first-order valence-corrected chi connectivity index (χ1v) is 7.64. The normalized spacial score (nSPS) is 17.3. The Morgan fingerprint density at radius 2 is 2.10 bits per heavy atom. The molecule has 1 aromatic rings. The highest BCUT2D eigenvalue weighted by molar-refractivity contribution is 5.33. The molecule has 0 atom stereocenters. The van der Waals surface area contributed by atoms with Crippen molar-refractivity contribution >= 4 is 0 Å². The molecule has 1 aliphatic heterocycles. The van der Waals surface area contributed by atoms with Crippen molar-refractivity contribution in [1.29, 1.82) is 5.26 Å². The number of nitrogens with zero attached hydrogens (tertiary/aromatic N) is 3. The maximum Gasteiger partial charge on any atom is 0.120 e. The Morgan fingerprint density at radius 3 is 2.65 bits per heavy atom. The standard InChI is InChI=1S/C16H26N4/c1-4-20-7-5-14(6-8-20)11-18-12-15-9-16(10-17)19(3)13(15)2/h9,14,18H,4-8,11-12H2,1-3H3. The molecule has 0 unspecified atom stereocenters. The van der Waals surface area contributed by atoms with Crippen LogP contribution >= 0.6 is 0 Å². The lowest BCUT2D eigenvalue weighted by Crippen LogP contribution is -2.36. The molecule has 2 heterocycles. The van der Waals surface area contributed by atoms with Crippen molar-refractivity contribution in [2.75, 3.05) is 26.2 Å². The first-order chi connectivity index (χ1) is 9.65. The summed E-state index contributed by atoms with van der Waals surface area (Å²) in [7, 11) is 1.96. The van der Waals surface area contributed by atoms with Crippen molar-refractivity contribution in [3.8, 4) is 6.07 Å². The summed E-state index contributed by atoms with van der Waals surface area (Å²) in [4.78, 5) is 2.52. The molecular weight excluding hydrogens is 248 g/mol. The summed E-state index contributed by atoms with van der Waals surface area (Å²) < 4.78 is 1.97. The molecule has 2 rings (SSSR count). The van der Waals surface area contributed by atoms with E-state index in [1.54, 1.807) is 0 Å². The monoisotopic (exact) mass is 274 g/mol. The third-order valence-corrected chi connectivity index (χ3v) is 4.66. The van der Waals surface area contributed by atoms with Gasteiger partial charge in [-0.25, -0.2) is 0 Å². The number of aromatic nitrogens is 1. The first-order valence-electron chi connectivity index (χ1n) is 7.64. The minimum atomic E-state index is 0.746. The van der Waals surface area contributed by atoms with Gasteiger partial charge in [-0.1, -0.05) is 6.92 Å². The summed E-state index contributed by atoms with van der Waals surface area (Å²) in [5.41, 5.74) is 3.18. The van der Waals surface area contributed by atoms with Crippen LogP contribution in [0.15, 0.2) is 6.07 Å². The summed E-state index contributed by atoms with van der Waals surface area (Å²) >= 11 is 0. The summed E-state index contributed by atoms with van der Waals surface area (Å²) in [6.07, 6.45) is 2.61. The van der Waals surface area contributed by atoms with E-state index in [0.29, 0.717) is 0 Å². The topological polar surface area (TPSA) is 44.0 Å². The van der Waals surface area contributed by atoms with Crippen molar-refractivity contribution in [2.24, 2.45) is 13.0 Å². The summed E-state index contributed by atoms with van der Waals surface area (Å²) in [5.74, 6) is 0.803. The Labute approximate surface area is 122 Å². The molecule has 1 fully saturated rings. The number of piperidine rings is 1. The quantitative estimate of drug-likeness (QED) is 0.893. The van der Waals surface area contributed by atoms with Crippen LogP contribution in [-0.2, 0) is 13.6 Å². The molecule has 1 aliphatic rings. The van der Waals surface area contributed by atoms with Crippen molar-refractivity contribution in [2.45, 2.75) is 33.2 Å². The Balaban J connectivity index is 1.78. The Bertz CT molecular complexity index is 475. The molecule has 1 aromatic heterocycles. The van der Waals surface area contributed by atoms with Crippen LogP contribution in [0.1, 0.15) is 36.7 Å². The first kappa shape index (κ1) is 15.1. The molecule has 0 radical (unpaired) electrons. The van der Waals surface area contributed by atoms with E-state index < -0.39 is 0 Å². The second kappa shape index (κ2) is 6.92. The zero-order valence-corrected chi connectivity index (χ0v) is 12.9. The van der Waals surface area contributed by atoms with Gasteiger partial charge < -0.3 is 14.8 Å². The predicted octanol–water partition coefficient (Wildman–Crippen LogP) is 2.03. The molecule has 110 valence electrons. The van der Waals surface area contributed by atoms with Gasteiger partial charge >= 0.3 is 0 Å². The molecule has 4 nitrogen and oxygen atoms in total. The van der Waals surface area contributed by atoms with Crippen molar-refractivity contribution in [3.05, 3.63) is 23.0 Å². The third kappa shape index (κ3) is 3.41. The zero-order valence-electron chi connectivity index (χ0n) is 12.9. The van der Waals surface area contributed by atoms with Crippen LogP contribution in [-0.4, -0.2) is 35.6 Å². The van der Waals surface area contributed by atoms with E-state index in [-0.39, 0.29) is 0 Å². The minimum Gasteiger partial charge on any atom is -0.340 e. The molecule has 4 heteroatoms. The fourth-order valence-corrected chi connectivity index (χ4v) is 2.97. The van der Waals surface area contributed by atoms with E-state index in [1.807, 2.05) is 17.7 Å². The Morgan fingerprint density at radius 1 is 1.40 bits per heavy atom. The van der Waals surface area contributed by atoms with Crippen molar-refractivity contribution in [3.63, 3.8) is 0 Å². The van der Waals surface area contributed by atoms with Crippen LogP contribution in [0.25, 0.3) is 0 Å². The molecule has 1 N–H and O–H groups in total. The largest absolute Gasteiger partial charge is 0.340 e. The minimum absolute atomic E-state index is 0.746. The van der Waals surface area contributed by atoms with Gasteiger partial charge in [-0.15, -0.1) is 0 Å². The van der Waals surface area contributed by atoms with Crippen LogP contribution < -0.4 is 5.32 Å². The lowest BCUT2D eigenvalue weighted by molar-refractivity contribution is 0.190. The number of nitrogens with one attached hydrogen (secondary N) is 1. The van der Waals surface area contributed by atoms with Gasteiger partial charge in [-0.2, -0.15) is 5.26 Å². The SMILES string of the molecule is CCN1CCC(CNCc2cc(C#N)n(C)c2C)CC1. The fourth-order valence-electron chi connectivity index (χ4n) is 2.97. The van der Waals surface area contributed by atoms with Crippen LogP contribution in [0.2, 0.25) is 0 Å².